The highest BCUT2D eigenvalue weighted by Crippen LogP contribution is 2.32. The number of unbranched alkanes of at least 4 members (excludes halogenated alkanes) is 4. The number of ether oxygens (including phenoxy) is 5. The average molecular weight is 715 g/mol. The van der Waals surface area contributed by atoms with Crippen LogP contribution in [0.1, 0.15) is 60.5 Å². The van der Waals surface area contributed by atoms with Crippen molar-refractivity contribution in [2.75, 3.05) is 13.2 Å². The van der Waals surface area contributed by atoms with Crippen molar-refractivity contribution >= 4 is 39.5 Å². The van der Waals surface area contributed by atoms with Crippen molar-refractivity contribution in [3.63, 3.8) is 0 Å². The maximum Gasteiger partial charge on any atom is 0.343 e. The normalized spacial score (nSPS) is 10.4. The Balaban J connectivity index is 0.000000265. The van der Waals surface area contributed by atoms with E-state index in [4.69, 9.17) is 23.7 Å². The van der Waals surface area contributed by atoms with Crippen LogP contribution in [-0.2, 0) is 20.7 Å². The van der Waals surface area contributed by atoms with Gasteiger partial charge in [0.15, 0.2) is 11.5 Å². The van der Waals surface area contributed by atoms with Crippen molar-refractivity contribution in [2.24, 2.45) is 0 Å². The van der Waals surface area contributed by atoms with Gasteiger partial charge in [0.25, 0.3) is 0 Å². The van der Waals surface area contributed by atoms with Crippen molar-refractivity contribution in [1.82, 2.24) is 0 Å². The predicted octanol–water partition coefficient (Wildman–Crippen LogP) is 10.4. The van der Waals surface area contributed by atoms with E-state index < -0.39 is 11.9 Å². The van der Waals surface area contributed by atoms with Gasteiger partial charge in [-0.15, -0.1) is 0 Å². The Bertz CT molecular complexity index is 2040. The molecule has 5 aromatic carbocycles. The molecule has 0 heterocycles. The number of hydrogen-bond acceptors (Lipinski definition) is 8. The van der Waals surface area contributed by atoms with Gasteiger partial charge in [0, 0.05) is 18.2 Å². The zero-order valence-corrected chi connectivity index (χ0v) is 30.4. The van der Waals surface area contributed by atoms with Crippen molar-refractivity contribution in [1.29, 1.82) is 0 Å². The van der Waals surface area contributed by atoms with Crippen LogP contribution in [0.5, 0.6) is 23.0 Å². The van der Waals surface area contributed by atoms with Crippen LogP contribution in [0.2, 0.25) is 0 Å². The van der Waals surface area contributed by atoms with Gasteiger partial charge in [-0.1, -0.05) is 93.1 Å². The highest BCUT2D eigenvalue weighted by molar-refractivity contribution is 6.08. The number of aryl methyl sites for hydroxylation is 2. The fourth-order valence-corrected chi connectivity index (χ4v) is 5.56. The lowest BCUT2D eigenvalue weighted by atomic mass is 10.0. The summed E-state index contributed by atoms with van der Waals surface area (Å²) in [5.41, 5.74) is 2.90. The Morgan fingerprint density at radius 3 is 1.98 bits per heavy atom. The lowest BCUT2D eigenvalue weighted by Gasteiger charge is -2.11. The van der Waals surface area contributed by atoms with Gasteiger partial charge in [-0.25, -0.2) is 14.4 Å². The summed E-state index contributed by atoms with van der Waals surface area (Å²) in [5.74, 6) is 0.660. The smallest absolute Gasteiger partial charge is 0.343 e. The van der Waals surface area contributed by atoms with Gasteiger partial charge in [-0.2, -0.15) is 0 Å². The Labute approximate surface area is 311 Å². The van der Waals surface area contributed by atoms with Gasteiger partial charge < -0.3 is 23.7 Å². The average Bonchev–Trinajstić information content (AvgIpc) is 3.17. The van der Waals surface area contributed by atoms with E-state index in [1.54, 1.807) is 30.3 Å². The Hall–Kier alpha value is -6.15. The molecule has 0 saturated carbocycles. The van der Waals surface area contributed by atoms with Crippen LogP contribution in [-0.4, -0.2) is 31.1 Å². The van der Waals surface area contributed by atoms with E-state index in [1.807, 2.05) is 43.3 Å². The molecule has 0 aliphatic carbocycles. The molecule has 274 valence electrons. The van der Waals surface area contributed by atoms with Crippen LogP contribution in [0.25, 0.3) is 21.5 Å². The molecule has 5 rings (SSSR count). The molecule has 53 heavy (non-hydrogen) atoms. The van der Waals surface area contributed by atoms with E-state index >= 15 is 0 Å². The molecule has 5 aromatic rings. The molecular formula is C45H46O8. The van der Waals surface area contributed by atoms with E-state index in [0.29, 0.717) is 41.8 Å². The van der Waals surface area contributed by atoms with Gasteiger partial charge in [0.2, 0.25) is 0 Å². The first-order valence-corrected chi connectivity index (χ1v) is 17.7. The summed E-state index contributed by atoms with van der Waals surface area (Å²) >= 11 is 0. The van der Waals surface area contributed by atoms with E-state index in [0.717, 1.165) is 55.4 Å². The molecule has 0 bridgehead atoms. The summed E-state index contributed by atoms with van der Waals surface area (Å²) in [6.45, 7) is 15.2. The Morgan fingerprint density at radius 1 is 0.642 bits per heavy atom. The lowest BCUT2D eigenvalue weighted by Crippen LogP contribution is -2.08. The van der Waals surface area contributed by atoms with Gasteiger partial charge in [0.1, 0.15) is 11.5 Å². The molecule has 0 N–H and O–H groups in total. The van der Waals surface area contributed by atoms with Crippen molar-refractivity contribution in [3.8, 4) is 23.0 Å². The van der Waals surface area contributed by atoms with Gasteiger partial charge in [-0.3, -0.25) is 0 Å². The summed E-state index contributed by atoms with van der Waals surface area (Å²) in [6.07, 6.45) is 9.76. The topological polar surface area (TPSA) is 97.4 Å². The van der Waals surface area contributed by atoms with Crippen molar-refractivity contribution in [2.45, 2.75) is 52.4 Å². The fourth-order valence-electron chi connectivity index (χ4n) is 5.56. The minimum Gasteiger partial charge on any atom is -0.490 e. The summed E-state index contributed by atoms with van der Waals surface area (Å²) in [4.78, 5) is 34.7. The van der Waals surface area contributed by atoms with Crippen LogP contribution >= 0.6 is 0 Å². The summed E-state index contributed by atoms with van der Waals surface area (Å²) < 4.78 is 26.4. The molecule has 0 spiro atoms. The molecule has 0 aliphatic rings. The lowest BCUT2D eigenvalue weighted by molar-refractivity contribution is -0.137. The molecule has 0 radical (unpaired) electrons. The zero-order chi connectivity index (χ0) is 38.0. The number of fused-ring (bicyclic) bond motifs is 3. The van der Waals surface area contributed by atoms with Crippen LogP contribution in [0.3, 0.4) is 0 Å². The molecule has 0 aliphatic heterocycles. The van der Waals surface area contributed by atoms with E-state index in [1.165, 1.54) is 34.2 Å². The quantitative estimate of drug-likeness (QED) is 0.0234. The van der Waals surface area contributed by atoms with Crippen molar-refractivity contribution in [3.05, 3.63) is 146 Å². The molecule has 0 saturated heterocycles. The second-order valence-corrected chi connectivity index (χ2v) is 12.1. The van der Waals surface area contributed by atoms with Gasteiger partial charge in [0.05, 0.1) is 25.0 Å². The summed E-state index contributed by atoms with van der Waals surface area (Å²) in [5, 5.41) is 4.62. The van der Waals surface area contributed by atoms with E-state index in [2.05, 4.69) is 50.9 Å². The maximum atomic E-state index is 12.5. The maximum absolute atomic E-state index is 12.5. The Kier molecular flexibility index (Phi) is 15.4. The molecule has 0 atom stereocenters. The summed E-state index contributed by atoms with van der Waals surface area (Å²) in [6, 6.07) is 28.6. The molecular weight excluding hydrogens is 668 g/mol. The first-order valence-electron chi connectivity index (χ1n) is 17.7. The van der Waals surface area contributed by atoms with Crippen LogP contribution in [0.15, 0.2) is 129 Å². The van der Waals surface area contributed by atoms with Crippen LogP contribution in [0, 0.1) is 6.92 Å². The number of benzene rings is 5. The number of carbonyl (C=O) groups is 3. The zero-order valence-electron chi connectivity index (χ0n) is 30.4. The Morgan fingerprint density at radius 2 is 1.28 bits per heavy atom. The standard InChI is InChI=1S/C27H32O6.C18H14O2/c1-4-26(28)32-19-11-9-7-8-10-12-21-13-15-22(16-14-21)27(29)33-23-17-18-24(30-5-2)25(20-23)31-6-3;1-3-18(19)20-15-7-9-17-14(11-15)6-5-13-10-12(2)4-8-16(13)17/h4-5,13-18,20H,1-2,6-12,19H2,3H3;3-11H,1H2,2H3. The van der Waals surface area contributed by atoms with Crippen molar-refractivity contribution < 1.29 is 38.1 Å². The minimum atomic E-state index is -0.444. The van der Waals surface area contributed by atoms with E-state index in [9.17, 15) is 14.4 Å². The number of hydrogen-bond donors (Lipinski definition) is 0. The molecule has 0 aromatic heterocycles. The third kappa shape index (κ3) is 12.2. The minimum absolute atomic E-state index is 0.367. The third-order valence-electron chi connectivity index (χ3n) is 8.19. The monoisotopic (exact) mass is 714 g/mol. The fraction of sp³-hybridized carbons (Fsp3) is 0.222. The second-order valence-electron chi connectivity index (χ2n) is 12.1. The molecule has 0 fully saturated rings. The predicted molar refractivity (Wildman–Crippen MR) is 210 cm³/mol. The van der Waals surface area contributed by atoms with Gasteiger partial charge in [-0.05, 0) is 96.6 Å². The number of esters is 3. The third-order valence-corrected chi connectivity index (χ3v) is 8.19. The SMILES string of the molecule is C=CC(=O)Oc1ccc2c(ccc3cc(C)ccc32)c1.C=COc1ccc(OC(=O)c2ccc(CCCCCCCOC(=O)C=C)cc2)cc1OCC. The van der Waals surface area contributed by atoms with E-state index in [-0.39, 0.29) is 5.97 Å². The number of carbonyl (C=O) groups excluding carboxylic acids is 3. The molecule has 0 unspecified atom stereocenters. The highest BCUT2D eigenvalue weighted by Gasteiger charge is 2.12. The first-order chi connectivity index (χ1) is 25.7. The molecule has 8 nitrogen and oxygen atoms in total. The largest absolute Gasteiger partial charge is 0.490 e. The number of rotatable bonds is 17. The first kappa shape index (κ1) is 39.6. The summed E-state index contributed by atoms with van der Waals surface area (Å²) in [7, 11) is 0. The highest BCUT2D eigenvalue weighted by atomic mass is 16.5. The second kappa shape index (κ2) is 20.6. The van der Waals surface area contributed by atoms with Crippen LogP contribution < -0.4 is 18.9 Å². The van der Waals surface area contributed by atoms with Gasteiger partial charge >= 0.3 is 17.9 Å². The van der Waals surface area contributed by atoms with Crippen LogP contribution in [0.4, 0.5) is 0 Å². The molecule has 8 heteroatoms. The molecule has 0 amide bonds.